The fraction of sp³-hybridized carbons (Fsp3) is 0.154. The summed E-state index contributed by atoms with van der Waals surface area (Å²) in [6, 6.07) is 8.10. The summed E-state index contributed by atoms with van der Waals surface area (Å²) >= 11 is 3.34. The summed E-state index contributed by atoms with van der Waals surface area (Å²) in [5.74, 6) is -2.02. The van der Waals surface area contributed by atoms with Crippen molar-refractivity contribution >= 4 is 27.6 Å². The van der Waals surface area contributed by atoms with Crippen LogP contribution in [0.15, 0.2) is 34.8 Å². The molecule has 3 nitrogen and oxygen atoms in total. The molecule has 0 radical (unpaired) electrons. The second-order valence-corrected chi connectivity index (χ2v) is 5.02. The molecule has 0 bridgehead atoms. The van der Waals surface area contributed by atoms with E-state index in [1.807, 2.05) is 31.2 Å². The molecule has 100 valence electrons. The van der Waals surface area contributed by atoms with Crippen molar-refractivity contribution in [3.63, 3.8) is 0 Å². The molecule has 0 spiro atoms. The van der Waals surface area contributed by atoms with Crippen LogP contribution in [0.4, 0.5) is 20.4 Å². The molecule has 1 heterocycles. The van der Waals surface area contributed by atoms with Gasteiger partial charge in [-0.3, -0.25) is 0 Å². The SMILES string of the molecule is CC(Nc1nc(N)c(F)cc1F)c1ccc(Br)cc1. The summed E-state index contributed by atoms with van der Waals surface area (Å²) in [4.78, 5) is 3.66. The number of hydrogen-bond acceptors (Lipinski definition) is 3. The van der Waals surface area contributed by atoms with Crippen LogP contribution in [-0.4, -0.2) is 4.98 Å². The maximum atomic E-state index is 13.5. The molecule has 6 heteroatoms. The van der Waals surface area contributed by atoms with Crippen molar-refractivity contribution in [3.8, 4) is 0 Å². The molecule has 2 aromatic rings. The summed E-state index contributed by atoms with van der Waals surface area (Å²) in [6.45, 7) is 1.85. The largest absolute Gasteiger partial charge is 0.381 e. The van der Waals surface area contributed by atoms with Crippen LogP contribution in [0.3, 0.4) is 0 Å². The van der Waals surface area contributed by atoms with Crippen molar-refractivity contribution in [2.24, 2.45) is 0 Å². The van der Waals surface area contributed by atoms with Gasteiger partial charge in [0, 0.05) is 10.5 Å². The number of nitrogens with zero attached hydrogens (tertiary/aromatic N) is 1. The average Bonchev–Trinajstić information content (AvgIpc) is 2.36. The third kappa shape index (κ3) is 3.20. The van der Waals surface area contributed by atoms with Crippen LogP contribution in [0.1, 0.15) is 18.5 Å². The standard InChI is InChI=1S/C13H12BrF2N3/c1-7(8-2-4-9(14)5-3-8)18-13-11(16)6-10(15)12(17)19-13/h2-7H,1H3,(H3,17,18,19). The van der Waals surface area contributed by atoms with E-state index in [1.165, 1.54) is 0 Å². The molecule has 0 aliphatic rings. The zero-order valence-electron chi connectivity index (χ0n) is 10.1. The summed E-state index contributed by atoms with van der Waals surface area (Å²) < 4.78 is 27.5. The molecule has 3 N–H and O–H groups in total. The Morgan fingerprint density at radius 2 is 1.84 bits per heavy atom. The molecule has 0 saturated heterocycles. The summed E-state index contributed by atoms with van der Waals surface area (Å²) in [6.07, 6.45) is 0. The summed E-state index contributed by atoms with van der Waals surface area (Å²) in [7, 11) is 0. The van der Waals surface area contributed by atoms with Gasteiger partial charge in [-0.1, -0.05) is 28.1 Å². The predicted octanol–water partition coefficient (Wildman–Crippen LogP) is 3.88. The third-order valence-electron chi connectivity index (χ3n) is 2.68. The number of pyridine rings is 1. The Balaban J connectivity index is 2.21. The lowest BCUT2D eigenvalue weighted by Gasteiger charge is -2.16. The quantitative estimate of drug-likeness (QED) is 0.899. The van der Waals surface area contributed by atoms with Gasteiger partial charge in [-0.05, 0) is 24.6 Å². The molecule has 0 aliphatic carbocycles. The van der Waals surface area contributed by atoms with E-state index in [9.17, 15) is 8.78 Å². The second-order valence-electron chi connectivity index (χ2n) is 4.10. The van der Waals surface area contributed by atoms with E-state index in [0.717, 1.165) is 16.1 Å². The number of aromatic nitrogens is 1. The highest BCUT2D eigenvalue weighted by molar-refractivity contribution is 9.10. The van der Waals surface area contributed by atoms with Crippen molar-refractivity contribution in [2.45, 2.75) is 13.0 Å². The normalized spacial score (nSPS) is 12.2. The third-order valence-corrected chi connectivity index (χ3v) is 3.21. The number of nitrogen functional groups attached to an aromatic ring is 1. The Bertz CT molecular complexity index is 587. The fourth-order valence-electron chi connectivity index (χ4n) is 1.62. The van der Waals surface area contributed by atoms with E-state index in [1.54, 1.807) is 0 Å². The van der Waals surface area contributed by atoms with Crippen LogP contribution in [0.25, 0.3) is 0 Å². The van der Waals surface area contributed by atoms with Gasteiger partial charge in [0.05, 0.1) is 6.04 Å². The number of rotatable bonds is 3. The monoisotopic (exact) mass is 327 g/mol. The lowest BCUT2D eigenvalue weighted by molar-refractivity contribution is 0.578. The second kappa shape index (κ2) is 5.52. The molecule has 0 saturated carbocycles. The van der Waals surface area contributed by atoms with Crippen LogP contribution < -0.4 is 11.1 Å². The van der Waals surface area contributed by atoms with Crippen molar-refractivity contribution < 1.29 is 8.78 Å². The first-order valence-corrected chi connectivity index (χ1v) is 6.40. The first-order chi connectivity index (χ1) is 8.97. The minimum atomic E-state index is -0.862. The number of anilines is 2. The minimum Gasteiger partial charge on any atom is -0.381 e. The van der Waals surface area contributed by atoms with Gasteiger partial charge in [-0.15, -0.1) is 0 Å². The molecule has 0 amide bonds. The van der Waals surface area contributed by atoms with Crippen LogP contribution in [-0.2, 0) is 0 Å². The maximum absolute atomic E-state index is 13.5. The van der Waals surface area contributed by atoms with Gasteiger partial charge in [0.2, 0.25) is 0 Å². The minimum absolute atomic E-state index is 0.0608. The molecule has 19 heavy (non-hydrogen) atoms. The number of benzene rings is 1. The van der Waals surface area contributed by atoms with Gasteiger partial charge in [0.1, 0.15) is 0 Å². The Morgan fingerprint density at radius 3 is 2.47 bits per heavy atom. The van der Waals surface area contributed by atoms with Crippen LogP contribution in [0.2, 0.25) is 0 Å². The van der Waals surface area contributed by atoms with Gasteiger partial charge in [0.25, 0.3) is 0 Å². The summed E-state index contributed by atoms with van der Waals surface area (Å²) in [5.41, 5.74) is 6.28. The van der Waals surface area contributed by atoms with Gasteiger partial charge < -0.3 is 11.1 Å². The zero-order chi connectivity index (χ0) is 14.0. The lowest BCUT2D eigenvalue weighted by atomic mass is 10.1. The van der Waals surface area contributed by atoms with Crippen molar-refractivity contribution in [1.29, 1.82) is 0 Å². The molecular formula is C13H12BrF2N3. The predicted molar refractivity (Wildman–Crippen MR) is 74.7 cm³/mol. The van der Waals surface area contributed by atoms with E-state index >= 15 is 0 Å². The van der Waals surface area contributed by atoms with Gasteiger partial charge in [-0.25, -0.2) is 13.8 Å². The Morgan fingerprint density at radius 1 is 1.21 bits per heavy atom. The fourth-order valence-corrected chi connectivity index (χ4v) is 1.89. The summed E-state index contributed by atoms with van der Waals surface area (Å²) in [5, 5.41) is 2.87. The van der Waals surface area contributed by atoms with Crippen LogP contribution in [0.5, 0.6) is 0 Å². The van der Waals surface area contributed by atoms with Gasteiger partial charge in [0.15, 0.2) is 23.3 Å². The first kappa shape index (κ1) is 13.7. The van der Waals surface area contributed by atoms with Crippen molar-refractivity contribution in [1.82, 2.24) is 4.98 Å². The van der Waals surface area contributed by atoms with Crippen molar-refractivity contribution in [2.75, 3.05) is 11.1 Å². The molecule has 1 aromatic carbocycles. The molecule has 1 atom stereocenters. The van der Waals surface area contributed by atoms with E-state index in [2.05, 4.69) is 26.2 Å². The van der Waals surface area contributed by atoms with Gasteiger partial charge in [-0.2, -0.15) is 0 Å². The van der Waals surface area contributed by atoms with Crippen LogP contribution in [0, 0.1) is 11.6 Å². The molecule has 1 aromatic heterocycles. The molecule has 2 rings (SSSR count). The maximum Gasteiger partial charge on any atom is 0.168 e. The number of hydrogen-bond donors (Lipinski definition) is 2. The number of nitrogens with two attached hydrogens (primary N) is 1. The average molecular weight is 328 g/mol. The highest BCUT2D eigenvalue weighted by Gasteiger charge is 2.13. The van der Waals surface area contributed by atoms with Gasteiger partial charge >= 0.3 is 0 Å². The molecule has 1 unspecified atom stereocenters. The van der Waals surface area contributed by atoms with E-state index in [-0.39, 0.29) is 17.7 Å². The topological polar surface area (TPSA) is 50.9 Å². The first-order valence-electron chi connectivity index (χ1n) is 5.61. The van der Waals surface area contributed by atoms with E-state index in [0.29, 0.717) is 0 Å². The Kier molecular flexibility index (Phi) is 3.99. The van der Waals surface area contributed by atoms with Crippen LogP contribution >= 0.6 is 15.9 Å². The zero-order valence-corrected chi connectivity index (χ0v) is 11.7. The Labute approximate surface area is 118 Å². The highest BCUT2D eigenvalue weighted by Crippen LogP contribution is 2.23. The molecule has 0 aliphatic heterocycles. The Hall–Kier alpha value is -1.69. The number of halogens is 3. The highest BCUT2D eigenvalue weighted by atomic mass is 79.9. The molecule has 0 fully saturated rings. The lowest BCUT2D eigenvalue weighted by Crippen LogP contribution is -2.11. The van der Waals surface area contributed by atoms with Crippen molar-refractivity contribution in [3.05, 3.63) is 52.0 Å². The van der Waals surface area contributed by atoms with E-state index in [4.69, 9.17) is 5.73 Å². The smallest absolute Gasteiger partial charge is 0.168 e. The van der Waals surface area contributed by atoms with E-state index < -0.39 is 11.6 Å². The number of nitrogens with one attached hydrogen (secondary N) is 1. The molecular weight excluding hydrogens is 316 g/mol.